The average Bonchev–Trinajstić information content (AvgIpc) is 3.08. The van der Waals surface area contributed by atoms with Gasteiger partial charge in [-0.2, -0.15) is 5.26 Å². The molecular formula is C13H15ClN2O. The van der Waals surface area contributed by atoms with E-state index in [1.807, 2.05) is 18.2 Å². The van der Waals surface area contributed by atoms with Crippen molar-refractivity contribution in [2.45, 2.75) is 25.8 Å². The smallest absolute Gasteiger partial charge is 0.137 e. The van der Waals surface area contributed by atoms with E-state index in [4.69, 9.17) is 27.3 Å². The summed E-state index contributed by atoms with van der Waals surface area (Å²) < 4.78 is 5.69. The molecule has 0 radical (unpaired) electrons. The van der Waals surface area contributed by atoms with Gasteiger partial charge in [-0.3, -0.25) is 0 Å². The summed E-state index contributed by atoms with van der Waals surface area (Å²) in [7, 11) is 0. The zero-order valence-corrected chi connectivity index (χ0v) is 10.3. The van der Waals surface area contributed by atoms with Crippen LogP contribution in [0.1, 0.15) is 24.8 Å². The number of rotatable bonds is 5. The third-order valence-corrected chi connectivity index (χ3v) is 3.47. The topological polar surface area (TPSA) is 59.0 Å². The van der Waals surface area contributed by atoms with Crippen molar-refractivity contribution in [1.29, 1.82) is 5.26 Å². The van der Waals surface area contributed by atoms with E-state index in [-0.39, 0.29) is 5.41 Å². The maximum Gasteiger partial charge on any atom is 0.137 e. The molecule has 1 fully saturated rings. The molecule has 17 heavy (non-hydrogen) atoms. The maximum atomic E-state index is 8.72. The molecule has 4 heteroatoms. The van der Waals surface area contributed by atoms with Gasteiger partial charge in [0.05, 0.1) is 17.7 Å². The number of ether oxygens (including phenoxy) is 1. The number of benzene rings is 1. The first-order valence-corrected chi connectivity index (χ1v) is 6.05. The lowest BCUT2D eigenvalue weighted by Gasteiger charge is -2.14. The Labute approximate surface area is 106 Å². The SMILES string of the molecule is N#CCC1(COc2ccc(CN)cc2Cl)CC1. The Morgan fingerprint density at radius 3 is 2.76 bits per heavy atom. The maximum absolute atomic E-state index is 8.72. The van der Waals surface area contributed by atoms with Crippen LogP contribution in [0.15, 0.2) is 18.2 Å². The molecule has 1 aliphatic carbocycles. The van der Waals surface area contributed by atoms with Gasteiger partial charge in [0.15, 0.2) is 0 Å². The molecule has 3 nitrogen and oxygen atoms in total. The zero-order valence-electron chi connectivity index (χ0n) is 9.58. The Hall–Kier alpha value is -1.24. The summed E-state index contributed by atoms with van der Waals surface area (Å²) >= 11 is 6.09. The lowest BCUT2D eigenvalue weighted by Crippen LogP contribution is -2.12. The molecule has 0 unspecified atom stereocenters. The minimum Gasteiger partial charge on any atom is -0.491 e. The molecule has 90 valence electrons. The molecule has 2 rings (SSSR count). The third kappa shape index (κ3) is 2.91. The van der Waals surface area contributed by atoms with Gasteiger partial charge in [-0.05, 0) is 30.5 Å². The van der Waals surface area contributed by atoms with E-state index in [9.17, 15) is 0 Å². The predicted octanol–water partition coefficient (Wildman–Crippen LogP) is 2.87. The Morgan fingerprint density at radius 2 is 2.24 bits per heavy atom. The molecule has 0 bridgehead atoms. The highest BCUT2D eigenvalue weighted by Crippen LogP contribution is 2.49. The summed E-state index contributed by atoms with van der Waals surface area (Å²) in [6.07, 6.45) is 2.70. The molecule has 1 aliphatic rings. The van der Waals surface area contributed by atoms with Crippen LogP contribution >= 0.6 is 11.6 Å². The van der Waals surface area contributed by atoms with Crippen LogP contribution < -0.4 is 10.5 Å². The van der Waals surface area contributed by atoms with E-state index in [1.165, 1.54) is 0 Å². The highest BCUT2D eigenvalue weighted by Gasteiger charge is 2.43. The molecule has 2 N–H and O–H groups in total. The number of nitrogens with zero attached hydrogens (tertiary/aromatic N) is 1. The summed E-state index contributed by atoms with van der Waals surface area (Å²) in [4.78, 5) is 0. The molecule has 1 aromatic rings. The number of nitrogens with two attached hydrogens (primary N) is 1. The molecule has 0 amide bonds. The van der Waals surface area contributed by atoms with Gasteiger partial charge in [0.1, 0.15) is 5.75 Å². The first-order valence-electron chi connectivity index (χ1n) is 5.67. The minimum absolute atomic E-state index is 0.0740. The van der Waals surface area contributed by atoms with Crippen LogP contribution in [0.5, 0.6) is 5.75 Å². The zero-order chi connectivity index (χ0) is 12.3. The largest absolute Gasteiger partial charge is 0.491 e. The van der Waals surface area contributed by atoms with Crippen LogP contribution in [-0.4, -0.2) is 6.61 Å². The first kappa shape index (κ1) is 12.2. The van der Waals surface area contributed by atoms with E-state index in [0.29, 0.717) is 30.3 Å². The fourth-order valence-corrected chi connectivity index (χ4v) is 1.99. The second kappa shape index (κ2) is 4.95. The molecule has 1 aromatic carbocycles. The van der Waals surface area contributed by atoms with E-state index < -0.39 is 0 Å². The van der Waals surface area contributed by atoms with Crippen LogP contribution in [0, 0.1) is 16.7 Å². The Bertz CT molecular complexity index is 449. The standard InChI is InChI=1S/C13H15ClN2O/c14-11-7-10(8-16)1-2-12(11)17-9-13(3-4-13)5-6-15/h1-2,7H,3-5,8-9,16H2. The molecule has 0 spiro atoms. The third-order valence-electron chi connectivity index (χ3n) is 3.18. The molecule has 0 atom stereocenters. The van der Waals surface area contributed by atoms with Gasteiger partial charge >= 0.3 is 0 Å². The van der Waals surface area contributed by atoms with Crippen LogP contribution in [-0.2, 0) is 6.54 Å². The number of hydrogen-bond acceptors (Lipinski definition) is 3. The highest BCUT2D eigenvalue weighted by atomic mass is 35.5. The lowest BCUT2D eigenvalue weighted by molar-refractivity contribution is 0.237. The summed E-state index contributed by atoms with van der Waals surface area (Å²) in [5.74, 6) is 0.674. The van der Waals surface area contributed by atoms with Gasteiger partial charge in [-0.15, -0.1) is 0 Å². The van der Waals surface area contributed by atoms with Crippen molar-refractivity contribution in [3.05, 3.63) is 28.8 Å². The van der Waals surface area contributed by atoms with Crippen molar-refractivity contribution in [3.63, 3.8) is 0 Å². The van der Waals surface area contributed by atoms with Gasteiger partial charge in [0, 0.05) is 18.4 Å². The van der Waals surface area contributed by atoms with E-state index in [0.717, 1.165) is 18.4 Å². The fourth-order valence-electron chi connectivity index (χ4n) is 1.74. The molecular weight excluding hydrogens is 236 g/mol. The van der Waals surface area contributed by atoms with E-state index >= 15 is 0 Å². The first-order chi connectivity index (χ1) is 8.19. The minimum atomic E-state index is 0.0740. The van der Waals surface area contributed by atoms with Crippen molar-refractivity contribution in [2.24, 2.45) is 11.1 Å². The van der Waals surface area contributed by atoms with Gasteiger partial charge < -0.3 is 10.5 Å². The van der Waals surface area contributed by atoms with Crippen LogP contribution in [0.2, 0.25) is 5.02 Å². The van der Waals surface area contributed by atoms with Gasteiger partial charge in [-0.25, -0.2) is 0 Å². The quantitative estimate of drug-likeness (QED) is 0.874. The van der Waals surface area contributed by atoms with Crippen molar-refractivity contribution in [2.75, 3.05) is 6.61 Å². The Kier molecular flexibility index (Phi) is 3.56. The molecule has 0 saturated heterocycles. The Morgan fingerprint density at radius 1 is 1.47 bits per heavy atom. The highest BCUT2D eigenvalue weighted by molar-refractivity contribution is 6.32. The molecule has 0 heterocycles. The second-order valence-electron chi connectivity index (χ2n) is 4.59. The van der Waals surface area contributed by atoms with Crippen molar-refractivity contribution < 1.29 is 4.74 Å². The lowest BCUT2D eigenvalue weighted by atomic mass is 10.1. The summed E-state index contributed by atoms with van der Waals surface area (Å²) in [5.41, 5.74) is 6.59. The van der Waals surface area contributed by atoms with Crippen LogP contribution in [0.3, 0.4) is 0 Å². The van der Waals surface area contributed by atoms with Crippen molar-refractivity contribution >= 4 is 11.6 Å². The van der Waals surface area contributed by atoms with E-state index in [1.54, 1.807) is 0 Å². The van der Waals surface area contributed by atoms with Gasteiger partial charge in [-0.1, -0.05) is 17.7 Å². The van der Waals surface area contributed by atoms with Gasteiger partial charge in [0.2, 0.25) is 0 Å². The van der Waals surface area contributed by atoms with Gasteiger partial charge in [0.25, 0.3) is 0 Å². The Balaban J connectivity index is 1.98. The summed E-state index contributed by atoms with van der Waals surface area (Å²) in [6.45, 7) is 1.04. The summed E-state index contributed by atoms with van der Waals surface area (Å²) in [6, 6.07) is 7.78. The average molecular weight is 251 g/mol. The van der Waals surface area contributed by atoms with Crippen molar-refractivity contribution in [3.8, 4) is 11.8 Å². The molecule has 0 aliphatic heterocycles. The number of halogens is 1. The number of nitriles is 1. The van der Waals surface area contributed by atoms with E-state index in [2.05, 4.69) is 6.07 Å². The van der Waals surface area contributed by atoms with Crippen LogP contribution in [0.4, 0.5) is 0 Å². The summed E-state index contributed by atoms with van der Waals surface area (Å²) in [5, 5.41) is 9.30. The van der Waals surface area contributed by atoms with Crippen molar-refractivity contribution in [1.82, 2.24) is 0 Å². The molecule has 1 saturated carbocycles. The molecule has 0 aromatic heterocycles. The number of hydrogen-bond donors (Lipinski definition) is 1. The second-order valence-corrected chi connectivity index (χ2v) is 5.00. The normalized spacial score (nSPS) is 16.3. The predicted molar refractivity (Wildman–Crippen MR) is 66.7 cm³/mol. The monoisotopic (exact) mass is 250 g/mol. The fraction of sp³-hybridized carbons (Fsp3) is 0.462. The van der Waals surface area contributed by atoms with Crippen LogP contribution in [0.25, 0.3) is 0 Å².